The molecule has 8 heteroatoms. The summed E-state index contributed by atoms with van der Waals surface area (Å²) in [6, 6.07) is 8.03. The Balaban J connectivity index is 2.31. The lowest BCUT2D eigenvalue weighted by Gasteiger charge is -2.21. The van der Waals surface area contributed by atoms with Gasteiger partial charge in [-0.25, -0.2) is 0 Å². The molecular formula is C15H15Cl2NO4S. The zero-order chi connectivity index (χ0) is 17.0. The first-order valence-corrected chi connectivity index (χ1v) is 9.24. The fourth-order valence-corrected chi connectivity index (χ4v) is 3.24. The maximum Gasteiger partial charge on any atom is 0.264 e. The number of aliphatic hydroxyl groups excluding tert-OH is 1. The second-order valence-corrected chi connectivity index (χ2v) is 7.44. The van der Waals surface area contributed by atoms with Crippen LogP contribution in [0.5, 0.6) is 0 Å². The maximum absolute atomic E-state index is 11.5. The Bertz CT molecular complexity index is 768. The highest BCUT2D eigenvalue weighted by atomic mass is 35.5. The molecule has 0 saturated heterocycles. The minimum atomic E-state index is -3.74. The van der Waals surface area contributed by atoms with E-state index in [4.69, 9.17) is 27.4 Å². The maximum atomic E-state index is 11.5. The van der Waals surface area contributed by atoms with E-state index in [9.17, 15) is 13.5 Å². The van der Waals surface area contributed by atoms with Crippen molar-refractivity contribution in [2.24, 2.45) is 0 Å². The van der Waals surface area contributed by atoms with Gasteiger partial charge in [-0.15, -0.1) is 0 Å². The Labute approximate surface area is 145 Å². The minimum Gasteiger partial charge on any atom is -0.388 e. The van der Waals surface area contributed by atoms with Gasteiger partial charge in [-0.1, -0.05) is 35.3 Å². The van der Waals surface area contributed by atoms with Crippen molar-refractivity contribution in [3.63, 3.8) is 0 Å². The molecule has 0 amide bonds. The van der Waals surface area contributed by atoms with Crippen LogP contribution in [0.4, 0.5) is 0 Å². The highest BCUT2D eigenvalue weighted by molar-refractivity contribution is 7.86. The molecule has 0 saturated carbocycles. The highest BCUT2D eigenvalue weighted by Crippen LogP contribution is 2.35. The lowest BCUT2D eigenvalue weighted by molar-refractivity contribution is 0.0987. The van der Waals surface area contributed by atoms with Gasteiger partial charge in [0.2, 0.25) is 0 Å². The van der Waals surface area contributed by atoms with Crippen molar-refractivity contribution in [1.82, 2.24) is 4.98 Å². The number of aromatic nitrogens is 1. The molecule has 1 N–H and O–H groups in total. The Morgan fingerprint density at radius 2 is 2.04 bits per heavy atom. The van der Waals surface area contributed by atoms with Crippen LogP contribution >= 0.6 is 23.2 Å². The highest BCUT2D eigenvalue weighted by Gasteiger charge is 2.24. The molecule has 1 aromatic heterocycles. The monoisotopic (exact) mass is 375 g/mol. The van der Waals surface area contributed by atoms with Gasteiger partial charge in [-0.2, -0.15) is 8.42 Å². The quantitative estimate of drug-likeness (QED) is 0.781. The lowest BCUT2D eigenvalue weighted by Crippen LogP contribution is -2.14. The summed E-state index contributed by atoms with van der Waals surface area (Å²) in [6.07, 6.45) is 2.13. The van der Waals surface area contributed by atoms with Gasteiger partial charge in [0, 0.05) is 34.4 Å². The van der Waals surface area contributed by atoms with Crippen LogP contribution < -0.4 is 0 Å². The van der Waals surface area contributed by atoms with Crippen molar-refractivity contribution in [2.75, 3.05) is 6.26 Å². The van der Waals surface area contributed by atoms with E-state index in [1.165, 1.54) is 12.3 Å². The van der Waals surface area contributed by atoms with Crippen LogP contribution in [0, 0.1) is 0 Å². The molecule has 0 aliphatic heterocycles. The van der Waals surface area contributed by atoms with Crippen molar-refractivity contribution in [3.8, 4) is 0 Å². The minimum absolute atomic E-state index is 0.000115. The predicted molar refractivity (Wildman–Crippen MR) is 88.9 cm³/mol. The first kappa shape index (κ1) is 18.2. The number of nitrogens with zero attached hydrogens (tertiary/aromatic N) is 1. The molecule has 0 spiro atoms. The molecule has 0 radical (unpaired) electrons. The fraction of sp³-hybridized carbons (Fsp3) is 0.267. The Hall–Kier alpha value is -1.18. The smallest absolute Gasteiger partial charge is 0.264 e. The van der Waals surface area contributed by atoms with Crippen LogP contribution in [0.25, 0.3) is 0 Å². The summed E-state index contributed by atoms with van der Waals surface area (Å²) in [6.45, 7) is 0. The Kier molecular flexibility index (Phi) is 6.00. The standard InChI is InChI=1S/C15H15Cl2NO4S/c1-23(20,21)22-15(12-5-4-11(16)7-13(12)17)8-14(19)10-3-2-6-18-9-10/h2-7,9,14-15,19H,8H2,1H3. The summed E-state index contributed by atoms with van der Waals surface area (Å²) in [5.41, 5.74) is 0.990. The van der Waals surface area contributed by atoms with Crippen LogP contribution in [-0.4, -0.2) is 24.8 Å². The topological polar surface area (TPSA) is 76.5 Å². The van der Waals surface area contributed by atoms with Gasteiger partial charge < -0.3 is 5.11 Å². The van der Waals surface area contributed by atoms with Crippen LogP contribution in [0.3, 0.4) is 0 Å². The van der Waals surface area contributed by atoms with Crippen molar-refractivity contribution >= 4 is 33.3 Å². The molecule has 0 bridgehead atoms. The first-order chi connectivity index (χ1) is 10.8. The largest absolute Gasteiger partial charge is 0.388 e. The Morgan fingerprint density at radius 3 is 2.61 bits per heavy atom. The number of pyridine rings is 1. The summed E-state index contributed by atoms with van der Waals surface area (Å²) in [4.78, 5) is 3.93. The van der Waals surface area contributed by atoms with Crippen molar-refractivity contribution < 1.29 is 17.7 Å². The Morgan fingerprint density at radius 1 is 1.30 bits per heavy atom. The summed E-state index contributed by atoms with van der Waals surface area (Å²) in [7, 11) is -3.74. The first-order valence-electron chi connectivity index (χ1n) is 6.67. The van der Waals surface area contributed by atoms with Gasteiger partial charge in [0.1, 0.15) is 6.10 Å². The van der Waals surface area contributed by atoms with E-state index in [0.717, 1.165) is 6.26 Å². The van der Waals surface area contributed by atoms with Crippen LogP contribution in [0.15, 0.2) is 42.7 Å². The van der Waals surface area contributed by atoms with E-state index in [0.29, 0.717) is 16.1 Å². The summed E-state index contributed by atoms with van der Waals surface area (Å²) in [5, 5.41) is 11.0. The third-order valence-electron chi connectivity index (χ3n) is 3.11. The van der Waals surface area contributed by atoms with Crippen LogP contribution in [0.1, 0.15) is 29.8 Å². The van der Waals surface area contributed by atoms with E-state index in [1.54, 1.807) is 30.5 Å². The zero-order valence-corrected chi connectivity index (χ0v) is 14.5. The molecule has 2 aromatic rings. The third kappa shape index (κ3) is 5.44. The third-order valence-corrected chi connectivity index (χ3v) is 4.25. The molecule has 2 atom stereocenters. The van der Waals surface area contributed by atoms with E-state index in [-0.39, 0.29) is 11.4 Å². The van der Waals surface area contributed by atoms with Crippen LogP contribution in [-0.2, 0) is 14.3 Å². The average Bonchev–Trinajstić information content (AvgIpc) is 2.46. The molecule has 0 fully saturated rings. The molecule has 124 valence electrons. The second kappa shape index (κ2) is 7.59. The SMILES string of the molecule is CS(=O)(=O)OC(CC(O)c1cccnc1)c1ccc(Cl)cc1Cl. The number of hydrogen-bond acceptors (Lipinski definition) is 5. The van der Waals surface area contributed by atoms with Crippen molar-refractivity contribution in [1.29, 1.82) is 0 Å². The number of rotatable bonds is 6. The number of aliphatic hydroxyl groups is 1. The van der Waals surface area contributed by atoms with Gasteiger partial charge >= 0.3 is 0 Å². The average molecular weight is 376 g/mol. The molecule has 2 unspecified atom stereocenters. The van der Waals surface area contributed by atoms with Gasteiger partial charge in [0.25, 0.3) is 10.1 Å². The van der Waals surface area contributed by atoms with Crippen molar-refractivity contribution in [2.45, 2.75) is 18.6 Å². The van der Waals surface area contributed by atoms with E-state index in [1.807, 2.05) is 0 Å². The van der Waals surface area contributed by atoms with E-state index in [2.05, 4.69) is 4.98 Å². The van der Waals surface area contributed by atoms with Gasteiger partial charge in [0.05, 0.1) is 12.4 Å². The zero-order valence-electron chi connectivity index (χ0n) is 12.2. The summed E-state index contributed by atoms with van der Waals surface area (Å²) < 4.78 is 28.2. The van der Waals surface area contributed by atoms with E-state index >= 15 is 0 Å². The summed E-state index contributed by atoms with van der Waals surface area (Å²) >= 11 is 12.0. The molecular weight excluding hydrogens is 361 g/mol. The molecule has 0 aliphatic carbocycles. The fourth-order valence-electron chi connectivity index (χ4n) is 2.10. The molecule has 1 heterocycles. The number of halogens is 2. The van der Waals surface area contributed by atoms with Crippen molar-refractivity contribution in [3.05, 3.63) is 63.9 Å². The molecule has 1 aromatic carbocycles. The number of hydrogen-bond donors (Lipinski definition) is 1. The molecule has 23 heavy (non-hydrogen) atoms. The van der Waals surface area contributed by atoms with Gasteiger partial charge in [-0.05, 0) is 23.8 Å². The molecule has 5 nitrogen and oxygen atoms in total. The normalized spacial score (nSPS) is 14.4. The van der Waals surface area contributed by atoms with E-state index < -0.39 is 22.3 Å². The van der Waals surface area contributed by atoms with Gasteiger partial charge in [0.15, 0.2) is 0 Å². The molecule has 2 rings (SSSR count). The molecule has 0 aliphatic rings. The second-order valence-electron chi connectivity index (χ2n) is 4.99. The van der Waals surface area contributed by atoms with Crippen LogP contribution in [0.2, 0.25) is 10.0 Å². The predicted octanol–water partition coefficient (Wildman–Crippen LogP) is 3.53. The van der Waals surface area contributed by atoms with Gasteiger partial charge in [-0.3, -0.25) is 9.17 Å². The lowest BCUT2D eigenvalue weighted by atomic mass is 10.00. The number of benzene rings is 1. The summed E-state index contributed by atoms with van der Waals surface area (Å²) in [5.74, 6) is 0.